The first-order valence-electron chi connectivity index (χ1n) is 5.71. The van der Waals surface area contributed by atoms with E-state index in [-0.39, 0.29) is 6.10 Å². The molecular formula is C13H16O4. The van der Waals surface area contributed by atoms with Gasteiger partial charge in [0.1, 0.15) is 17.6 Å². The van der Waals surface area contributed by atoms with Gasteiger partial charge in [0.05, 0.1) is 25.9 Å². The Bertz CT molecular complexity index is 383. The second-order valence-electron chi connectivity index (χ2n) is 3.95. The Hall–Kier alpha value is -1.55. The lowest BCUT2D eigenvalue weighted by atomic mass is 10.1. The fourth-order valence-electron chi connectivity index (χ4n) is 1.83. The lowest BCUT2D eigenvalue weighted by Gasteiger charge is -2.24. The summed E-state index contributed by atoms with van der Waals surface area (Å²) >= 11 is 0. The van der Waals surface area contributed by atoms with Gasteiger partial charge in [-0.2, -0.15) is 0 Å². The number of hydrogen-bond acceptors (Lipinski definition) is 4. The first-order chi connectivity index (χ1) is 8.33. The first kappa shape index (κ1) is 11.9. The number of rotatable bonds is 4. The molecule has 0 saturated carbocycles. The molecule has 2 rings (SSSR count). The van der Waals surface area contributed by atoms with Crippen LogP contribution in [0.15, 0.2) is 18.2 Å². The molecule has 0 radical (unpaired) electrons. The Morgan fingerprint density at radius 2 is 2.12 bits per heavy atom. The molecule has 1 aliphatic heterocycles. The van der Waals surface area contributed by atoms with Gasteiger partial charge in [-0.25, -0.2) is 0 Å². The highest BCUT2D eigenvalue weighted by molar-refractivity contribution is 5.80. The summed E-state index contributed by atoms with van der Waals surface area (Å²) < 4.78 is 16.1. The molecule has 0 amide bonds. The molecule has 0 bridgehead atoms. The van der Waals surface area contributed by atoms with Gasteiger partial charge in [0.15, 0.2) is 6.29 Å². The van der Waals surface area contributed by atoms with Crippen LogP contribution in [-0.4, -0.2) is 32.7 Å². The standard InChI is InChI=1S/C13H16O4/c1-15-12-2-3-13(10(8-12)9-14)17-11-4-6-16-7-5-11/h2-3,8-9,11H,4-7H2,1H3. The minimum absolute atomic E-state index is 0.135. The minimum atomic E-state index is 0.135. The van der Waals surface area contributed by atoms with Crippen LogP contribution < -0.4 is 9.47 Å². The molecule has 92 valence electrons. The van der Waals surface area contributed by atoms with Gasteiger partial charge in [-0.3, -0.25) is 4.79 Å². The molecule has 0 atom stereocenters. The Morgan fingerprint density at radius 3 is 2.76 bits per heavy atom. The second kappa shape index (κ2) is 5.68. The summed E-state index contributed by atoms with van der Waals surface area (Å²) in [5, 5.41) is 0. The molecule has 4 heteroatoms. The van der Waals surface area contributed by atoms with Gasteiger partial charge < -0.3 is 14.2 Å². The maximum Gasteiger partial charge on any atom is 0.153 e. The van der Waals surface area contributed by atoms with Crippen molar-refractivity contribution in [2.24, 2.45) is 0 Å². The minimum Gasteiger partial charge on any atom is -0.497 e. The molecule has 0 aromatic heterocycles. The summed E-state index contributed by atoms with van der Waals surface area (Å²) in [7, 11) is 1.57. The Morgan fingerprint density at radius 1 is 1.35 bits per heavy atom. The fourth-order valence-corrected chi connectivity index (χ4v) is 1.83. The lowest BCUT2D eigenvalue weighted by Crippen LogP contribution is -2.26. The zero-order chi connectivity index (χ0) is 12.1. The van der Waals surface area contributed by atoms with Crippen molar-refractivity contribution in [2.75, 3.05) is 20.3 Å². The third-order valence-electron chi connectivity index (χ3n) is 2.81. The van der Waals surface area contributed by atoms with E-state index in [0.29, 0.717) is 17.1 Å². The van der Waals surface area contributed by atoms with Crippen molar-refractivity contribution in [1.82, 2.24) is 0 Å². The quantitative estimate of drug-likeness (QED) is 0.751. The van der Waals surface area contributed by atoms with Crippen LogP contribution in [0.3, 0.4) is 0 Å². The summed E-state index contributed by atoms with van der Waals surface area (Å²) in [6.45, 7) is 1.44. The van der Waals surface area contributed by atoms with Crippen molar-refractivity contribution in [3.05, 3.63) is 23.8 Å². The number of benzene rings is 1. The molecule has 4 nitrogen and oxygen atoms in total. The van der Waals surface area contributed by atoms with Crippen molar-refractivity contribution >= 4 is 6.29 Å². The second-order valence-corrected chi connectivity index (χ2v) is 3.95. The molecule has 1 aliphatic rings. The van der Waals surface area contributed by atoms with Gasteiger partial charge in [0, 0.05) is 12.8 Å². The average Bonchev–Trinajstić information content (AvgIpc) is 2.40. The van der Waals surface area contributed by atoms with Crippen LogP contribution >= 0.6 is 0 Å². The summed E-state index contributed by atoms with van der Waals surface area (Å²) in [4.78, 5) is 11.0. The predicted octanol–water partition coefficient (Wildman–Crippen LogP) is 2.07. The van der Waals surface area contributed by atoms with E-state index in [2.05, 4.69) is 0 Å². The Kier molecular flexibility index (Phi) is 3.98. The van der Waals surface area contributed by atoms with Gasteiger partial charge >= 0.3 is 0 Å². The summed E-state index contributed by atoms with van der Waals surface area (Å²) in [6.07, 6.45) is 2.65. The zero-order valence-electron chi connectivity index (χ0n) is 9.85. The Labute approximate surface area is 100 Å². The van der Waals surface area contributed by atoms with Crippen LogP contribution in [0, 0.1) is 0 Å². The first-order valence-corrected chi connectivity index (χ1v) is 5.71. The largest absolute Gasteiger partial charge is 0.497 e. The highest BCUT2D eigenvalue weighted by Gasteiger charge is 2.17. The highest BCUT2D eigenvalue weighted by Crippen LogP contribution is 2.25. The molecule has 1 heterocycles. The third-order valence-corrected chi connectivity index (χ3v) is 2.81. The monoisotopic (exact) mass is 236 g/mol. The van der Waals surface area contributed by atoms with Crippen molar-refractivity contribution in [1.29, 1.82) is 0 Å². The van der Waals surface area contributed by atoms with Crippen molar-refractivity contribution < 1.29 is 19.0 Å². The topological polar surface area (TPSA) is 44.8 Å². The molecule has 17 heavy (non-hydrogen) atoms. The molecule has 1 saturated heterocycles. The maximum absolute atomic E-state index is 11.0. The summed E-state index contributed by atoms with van der Waals surface area (Å²) in [5.41, 5.74) is 0.524. The summed E-state index contributed by atoms with van der Waals surface area (Å²) in [5.74, 6) is 1.28. The molecule has 1 fully saturated rings. The summed E-state index contributed by atoms with van der Waals surface area (Å²) in [6, 6.07) is 5.25. The van der Waals surface area contributed by atoms with Crippen LogP contribution in [-0.2, 0) is 4.74 Å². The molecular weight excluding hydrogens is 220 g/mol. The fraction of sp³-hybridized carbons (Fsp3) is 0.462. The number of aldehydes is 1. The van der Waals surface area contributed by atoms with E-state index in [1.807, 2.05) is 0 Å². The third kappa shape index (κ3) is 2.97. The lowest BCUT2D eigenvalue weighted by molar-refractivity contribution is 0.0253. The predicted molar refractivity (Wildman–Crippen MR) is 62.9 cm³/mol. The number of ether oxygens (including phenoxy) is 3. The van der Waals surface area contributed by atoms with Crippen molar-refractivity contribution in [3.63, 3.8) is 0 Å². The normalized spacial score (nSPS) is 16.5. The van der Waals surface area contributed by atoms with Gasteiger partial charge in [-0.05, 0) is 18.2 Å². The molecule has 1 aromatic carbocycles. The van der Waals surface area contributed by atoms with Crippen molar-refractivity contribution in [2.45, 2.75) is 18.9 Å². The van der Waals surface area contributed by atoms with Gasteiger partial charge in [0.25, 0.3) is 0 Å². The SMILES string of the molecule is COc1ccc(OC2CCOCC2)c(C=O)c1. The number of carbonyl (C=O) groups excluding carboxylic acids is 1. The average molecular weight is 236 g/mol. The van der Waals surface area contributed by atoms with Crippen LogP contribution in [0.1, 0.15) is 23.2 Å². The van der Waals surface area contributed by atoms with E-state index in [9.17, 15) is 4.79 Å². The number of carbonyl (C=O) groups is 1. The van der Waals surface area contributed by atoms with E-state index in [0.717, 1.165) is 32.3 Å². The Balaban J connectivity index is 2.11. The van der Waals surface area contributed by atoms with Crippen LogP contribution in [0.2, 0.25) is 0 Å². The van der Waals surface area contributed by atoms with Crippen molar-refractivity contribution in [3.8, 4) is 11.5 Å². The van der Waals surface area contributed by atoms with E-state index < -0.39 is 0 Å². The zero-order valence-corrected chi connectivity index (χ0v) is 9.85. The van der Waals surface area contributed by atoms with E-state index in [1.54, 1.807) is 25.3 Å². The smallest absolute Gasteiger partial charge is 0.153 e. The highest BCUT2D eigenvalue weighted by atomic mass is 16.5. The van der Waals surface area contributed by atoms with Gasteiger partial charge in [-0.15, -0.1) is 0 Å². The van der Waals surface area contributed by atoms with Crippen LogP contribution in [0.4, 0.5) is 0 Å². The number of hydrogen-bond donors (Lipinski definition) is 0. The molecule has 0 aliphatic carbocycles. The van der Waals surface area contributed by atoms with Gasteiger partial charge in [-0.1, -0.05) is 0 Å². The molecule has 0 spiro atoms. The maximum atomic E-state index is 11.0. The molecule has 0 N–H and O–H groups in total. The van der Waals surface area contributed by atoms with Gasteiger partial charge in [0.2, 0.25) is 0 Å². The van der Waals surface area contributed by atoms with E-state index >= 15 is 0 Å². The van der Waals surface area contributed by atoms with E-state index in [4.69, 9.17) is 14.2 Å². The molecule has 1 aromatic rings. The van der Waals surface area contributed by atoms with E-state index in [1.165, 1.54) is 0 Å². The number of methoxy groups -OCH3 is 1. The van der Waals surface area contributed by atoms with Crippen LogP contribution in [0.5, 0.6) is 11.5 Å². The molecule has 0 unspecified atom stereocenters. The van der Waals surface area contributed by atoms with Crippen LogP contribution in [0.25, 0.3) is 0 Å².